The average molecular weight is 593 g/mol. The number of imidazole rings is 2. The predicted octanol–water partition coefficient (Wildman–Crippen LogP) is -3.09. The number of aliphatic hydroxyl groups is 1. The average Bonchev–Trinajstić information content (AvgIpc) is 3.48. The van der Waals surface area contributed by atoms with Crippen LogP contribution in [0.4, 0.5) is 0 Å². The summed E-state index contributed by atoms with van der Waals surface area (Å²) in [4.78, 5) is 68.0. The minimum atomic E-state index is -0.371. The van der Waals surface area contributed by atoms with Crippen molar-refractivity contribution in [2.75, 3.05) is 0 Å². The van der Waals surface area contributed by atoms with Crippen LogP contribution in [-0.4, -0.2) is 62.8 Å². The topological polar surface area (TPSA) is 161 Å². The summed E-state index contributed by atoms with van der Waals surface area (Å²) in [7, 11) is 6.67. The van der Waals surface area contributed by atoms with Gasteiger partial charge < -0.3 is 20.5 Å². The number of unbranched alkanes of at least 4 members (excludes halogenated alkanes) is 2. The SMILES string of the molecule is CC(=O)CCCCn1c(=O)c2c(ncn2C)n(C)c1=O.CC(O)CCCCn1c(=O)c2c(ncn2C)n(C)c1=O.[B].[H-].[Na+]. The fraction of sp³-hybridized carbons (Fsp3) is 0.577. The number of rotatable bonds is 10. The standard InChI is InChI=1S/C13H20N4O3.C13H18N4O3.B.Na.H/c2*1-9(18)6-4-5-7-17-12(19)10-11(14-8-15(10)2)16(3)13(17)20;;;/h8-9,18H,4-7H2,1-3H3;8H,4-7H2,1-3H3;;;/q;;;+1;-1. The molecule has 0 spiro atoms. The molecule has 0 aliphatic carbocycles. The van der Waals surface area contributed by atoms with Crippen LogP contribution in [0.25, 0.3) is 22.3 Å². The Morgan fingerprint density at radius 3 is 1.60 bits per heavy atom. The van der Waals surface area contributed by atoms with E-state index in [2.05, 4.69) is 9.97 Å². The molecule has 1 atom stereocenters. The zero-order chi connectivity index (χ0) is 29.7. The first-order valence-electron chi connectivity index (χ1n) is 13.3. The molecule has 3 radical (unpaired) electrons. The molecular formula is C26H39BN8NaO6. The molecule has 223 valence electrons. The third-order valence-corrected chi connectivity index (χ3v) is 6.82. The molecule has 4 aromatic heterocycles. The fourth-order valence-electron chi connectivity index (χ4n) is 4.54. The third kappa shape index (κ3) is 8.09. The number of Topliss-reactive ketones (excluding diaryl/α,β-unsaturated/α-hetero) is 1. The molecule has 0 saturated heterocycles. The molecule has 0 fully saturated rings. The van der Waals surface area contributed by atoms with Crippen molar-refractivity contribution in [1.29, 1.82) is 0 Å². The van der Waals surface area contributed by atoms with E-state index in [1.807, 2.05) is 0 Å². The molecule has 0 amide bonds. The Hall–Kier alpha value is -3.01. The Morgan fingerprint density at radius 2 is 1.21 bits per heavy atom. The first-order valence-corrected chi connectivity index (χ1v) is 13.3. The third-order valence-electron chi connectivity index (χ3n) is 6.82. The second-order valence-corrected chi connectivity index (χ2v) is 10.2. The van der Waals surface area contributed by atoms with Crippen LogP contribution in [0.1, 0.15) is 53.8 Å². The van der Waals surface area contributed by atoms with E-state index < -0.39 is 0 Å². The zero-order valence-corrected chi connectivity index (χ0v) is 27.5. The molecule has 0 bridgehead atoms. The number of hydrogen-bond acceptors (Lipinski definition) is 8. The Balaban J connectivity index is 0.000000767. The first-order chi connectivity index (χ1) is 18.9. The molecule has 16 heteroatoms. The van der Waals surface area contributed by atoms with Crippen molar-refractivity contribution in [3.05, 3.63) is 54.3 Å². The number of fused-ring (bicyclic) bond motifs is 2. The molecule has 42 heavy (non-hydrogen) atoms. The number of carbonyl (C=O) groups is 1. The maximum atomic E-state index is 12.4. The van der Waals surface area contributed by atoms with Gasteiger partial charge >= 0.3 is 40.9 Å². The van der Waals surface area contributed by atoms with Crippen molar-refractivity contribution in [2.45, 2.75) is 71.6 Å². The van der Waals surface area contributed by atoms with Crippen LogP contribution in [0.15, 0.2) is 31.8 Å². The van der Waals surface area contributed by atoms with Crippen LogP contribution in [0, 0.1) is 0 Å². The fourth-order valence-corrected chi connectivity index (χ4v) is 4.54. The minimum absolute atomic E-state index is 0. The first kappa shape index (κ1) is 37.0. The second-order valence-electron chi connectivity index (χ2n) is 10.2. The van der Waals surface area contributed by atoms with Gasteiger partial charge in [0.2, 0.25) is 0 Å². The molecule has 0 saturated carbocycles. The predicted molar refractivity (Wildman–Crippen MR) is 157 cm³/mol. The summed E-state index contributed by atoms with van der Waals surface area (Å²) in [5.41, 5.74) is 0.292. The minimum Gasteiger partial charge on any atom is -1.00 e. The van der Waals surface area contributed by atoms with E-state index in [1.54, 1.807) is 44.2 Å². The largest absolute Gasteiger partial charge is 1.00 e. The van der Waals surface area contributed by atoms with Crippen molar-refractivity contribution in [1.82, 2.24) is 37.4 Å². The van der Waals surface area contributed by atoms with Crippen LogP contribution < -0.4 is 52.1 Å². The summed E-state index contributed by atoms with van der Waals surface area (Å²) in [6.07, 6.45) is 6.60. The van der Waals surface area contributed by atoms with E-state index in [-0.39, 0.29) is 73.8 Å². The summed E-state index contributed by atoms with van der Waals surface area (Å²) in [5.74, 6) is 0.118. The zero-order valence-electron chi connectivity index (χ0n) is 26.5. The summed E-state index contributed by atoms with van der Waals surface area (Å²) >= 11 is 0. The normalized spacial score (nSPS) is 11.5. The van der Waals surface area contributed by atoms with Gasteiger partial charge in [0.25, 0.3) is 11.1 Å². The maximum Gasteiger partial charge on any atom is 1.00 e. The van der Waals surface area contributed by atoms with E-state index >= 15 is 0 Å². The van der Waals surface area contributed by atoms with Gasteiger partial charge in [0, 0.05) is 56.1 Å². The maximum absolute atomic E-state index is 12.4. The number of aliphatic hydroxyl groups excluding tert-OH is 1. The Bertz CT molecular complexity index is 1770. The number of nitrogens with zero attached hydrogens (tertiary/aromatic N) is 8. The van der Waals surface area contributed by atoms with Gasteiger partial charge in [-0.1, -0.05) is 0 Å². The quantitative estimate of drug-likeness (QED) is 0.150. The van der Waals surface area contributed by atoms with Crippen LogP contribution in [0.5, 0.6) is 0 Å². The van der Waals surface area contributed by atoms with Gasteiger partial charge in [0.05, 0.1) is 18.8 Å². The summed E-state index contributed by atoms with van der Waals surface area (Å²) in [5, 5.41) is 9.21. The number of carbonyl (C=O) groups excluding carboxylic acids is 1. The molecule has 1 N–H and O–H groups in total. The molecule has 4 heterocycles. The van der Waals surface area contributed by atoms with Crippen LogP contribution in [0.2, 0.25) is 0 Å². The van der Waals surface area contributed by atoms with Crippen molar-refractivity contribution in [3.63, 3.8) is 0 Å². The number of hydrogen-bond donors (Lipinski definition) is 1. The van der Waals surface area contributed by atoms with Crippen LogP contribution in [0.3, 0.4) is 0 Å². The van der Waals surface area contributed by atoms with Gasteiger partial charge in [0.15, 0.2) is 22.3 Å². The van der Waals surface area contributed by atoms with Gasteiger partial charge in [-0.25, -0.2) is 19.6 Å². The molecular weight excluding hydrogens is 554 g/mol. The Labute approximate surface area is 268 Å². The van der Waals surface area contributed by atoms with Gasteiger partial charge in [-0.3, -0.25) is 27.9 Å². The van der Waals surface area contributed by atoms with Crippen molar-refractivity contribution in [2.24, 2.45) is 28.2 Å². The van der Waals surface area contributed by atoms with E-state index in [1.165, 1.54) is 37.8 Å². The van der Waals surface area contributed by atoms with E-state index in [0.717, 1.165) is 6.42 Å². The summed E-state index contributed by atoms with van der Waals surface area (Å²) in [6, 6.07) is 0. The van der Waals surface area contributed by atoms with Gasteiger partial charge in [-0.15, -0.1) is 0 Å². The number of aryl methyl sites for hydroxylation is 4. The molecule has 1 unspecified atom stereocenters. The molecule has 0 aliphatic heterocycles. The van der Waals surface area contributed by atoms with Gasteiger partial charge in [0.1, 0.15) is 5.78 Å². The van der Waals surface area contributed by atoms with Crippen molar-refractivity contribution < 1.29 is 40.9 Å². The van der Waals surface area contributed by atoms with Gasteiger partial charge in [-0.05, 0) is 46.0 Å². The molecule has 0 aliphatic rings. The smallest absolute Gasteiger partial charge is 1.00 e. The van der Waals surface area contributed by atoms with E-state index in [0.29, 0.717) is 67.5 Å². The molecule has 0 aromatic carbocycles. The summed E-state index contributed by atoms with van der Waals surface area (Å²) in [6.45, 7) is 3.94. The molecule has 4 rings (SSSR count). The van der Waals surface area contributed by atoms with Crippen LogP contribution >= 0.6 is 0 Å². The molecule has 4 aromatic rings. The van der Waals surface area contributed by atoms with E-state index in [4.69, 9.17) is 0 Å². The van der Waals surface area contributed by atoms with E-state index in [9.17, 15) is 29.1 Å². The monoisotopic (exact) mass is 593 g/mol. The van der Waals surface area contributed by atoms with Crippen molar-refractivity contribution >= 4 is 36.5 Å². The van der Waals surface area contributed by atoms with Gasteiger partial charge in [-0.2, -0.15) is 0 Å². The number of aromatic nitrogens is 8. The van der Waals surface area contributed by atoms with Crippen molar-refractivity contribution in [3.8, 4) is 0 Å². The molecule has 14 nitrogen and oxygen atoms in total. The Morgan fingerprint density at radius 1 is 0.810 bits per heavy atom. The Kier molecular flexibility index (Phi) is 14.1. The second kappa shape index (κ2) is 16.0. The van der Waals surface area contributed by atoms with Crippen LogP contribution in [-0.2, 0) is 46.1 Å². The number of ketones is 1. The summed E-state index contributed by atoms with van der Waals surface area (Å²) < 4.78 is 8.47.